The van der Waals surface area contributed by atoms with Gasteiger partial charge in [-0.25, -0.2) is 9.18 Å². The van der Waals surface area contributed by atoms with E-state index in [1.807, 2.05) is 0 Å². The lowest BCUT2D eigenvalue weighted by Gasteiger charge is -2.08. The van der Waals surface area contributed by atoms with Crippen molar-refractivity contribution in [1.29, 1.82) is 0 Å². The zero-order valence-electron chi connectivity index (χ0n) is 9.26. The van der Waals surface area contributed by atoms with Crippen molar-refractivity contribution in [1.82, 2.24) is 0 Å². The number of hydrogen-bond acceptors (Lipinski definition) is 2. The third-order valence-electron chi connectivity index (χ3n) is 2.59. The fraction of sp³-hybridized carbons (Fsp3) is 0. The van der Waals surface area contributed by atoms with Gasteiger partial charge in [-0.2, -0.15) is 0 Å². The summed E-state index contributed by atoms with van der Waals surface area (Å²) in [4.78, 5) is 22.0. The Morgan fingerprint density at radius 2 is 1.83 bits per heavy atom. The minimum atomic E-state index is -1.09. The molecule has 2 aromatic rings. The maximum atomic E-state index is 13.0. The van der Waals surface area contributed by atoms with E-state index in [1.165, 1.54) is 18.2 Å². The van der Waals surface area contributed by atoms with Crippen LogP contribution in [-0.4, -0.2) is 17.4 Å². The molecular formula is C14H9FO3. The van der Waals surface area contributed by atoms with E-state index in [0.717, 1.165) is 6.07 Å². The van der Waals surface area contributed by atoms with Crippen LogP contribution < -0.4 is 0 Å². The SMILES string of the molecule is O=Cc1cc(F)ccc1-c1ccccc1C(=O)O. The molecule has 0 spiro atoms. The van der Waals surface area contributed by atoms with Crippen LogP contribution in [0.4, 0.5) is 4.39 Å². The van der Waals surface area contributed by atoms with Crippen molar-refractivity contribution in [2.75, 3.05) is 0 Å². The quantitative estimate of drug-likeness (QED) is 0.844. The molecule has 3 nitrogen and oxygen atoms in total. The van der Waals surface area contributed by atoms with Crippen LogP contribution >= 0.6 is 0 Å². The highest BCUT2D eigenvalue weighted by molar-refractivity contribution is 5.99. The molecule has 2 rings (SSSR count). The number of carboxylic acid groups (broad SMARTS) is 1. The first-order chi connectivity index (χ1) is 8.63. The Morgan fingerprint density at radius 3 is 2.50 bits per heavy atom. The highest BCUT2D eigenvalue weighted by Gasteiger charge is 2.13. The number of carbonyl (C=O) groups excluding carboxylic acids is 1. The second kappa shape index (κ2) is 4.79. The van der Waals surface area contributed by atoms with Gasteiger partial charge in [0.15, 0.2) is 6.29 Å². The first-order valence-electron chi connectivity index (χ1n) is 5.21. The molecule has 0 aliphatic carbocycles. The van der Waals surface area contributed by atoms with Gasteiger partial charge in [-0.05, 0) is 29.3 Å². The van der Waals surface area contributed by atoms with E-state index in [2.05, 4.69) is 0 Å². The predicted molar refractivity (Wildman–Crippen MR) is 64.2 cm³/mol. The maximum absolute atomic E-state index is 13.0. The fourth-order valence-corrected chi connectivity index (χ4v) is 1.78. The zero-order valence-corrected chi connectivity index (χ0v) is 9.26. The Bertz CT molecular complexity index is 620. The molecule has 0 saturated heterocycles. The monoisotopic (exact) mass is 244 g/mol. The summed E-state index contributed by atoms with van der Waals surface area (Å²) in [7, 11) is 0. The number of hydrogen-bond donors (Lipinski definition) is 1. The van der Waals surface area contributed by atoms with Gasteiger partial charge < -0.3 is 5.11 Å². The molecule has 0 unspecified atom stereocenters. The van der Waals surface area contributed by atoms with Crippen LogP contribution in [0, 0.1) is 5.82 Å². The first kappa shape index (κ1) is 12.0. The van der Waals surface area contributed by atoms with E-state index in [0.29, 0.717) is 17.4 Å². The Kier molecular flexibility index (Phi) is 3.19. The second-order valence-corrected chi connectivity index (χ2v) is 3.70. The molecule has 90 valence electrons. The number of benzene rings is 2. The van der Waals surface area contributed by atoms with Gasteiger partial charge in [0.25, 0.3) is 0 Å². The molecule has 0 radical (unpaired) electrons. The predicted octanol–water partition coefficient (Wildman–Crippen LogP) is 3.00. The summed E-state index contributed by atoms with van der Waals surface area (Å²) in [6.45, 7) is 0. The van der Waals surface area contributed by atoms with Crippen molar-refractivity contribution in [2.24, 2.45) is 0 Å². The molecule has 0 bridgehead atoms. The average Bonchev–Trinajstić information content (AvgIpc) is 2.38. The summed E-state index contributed by atoms with van der Waals surface area (Å²) in [5, 5.41) is 9.08. The highest BCUT2D eigenvalue weighted by atomic mass is 19.1. The van der Waals surface area contributed by atoms with Gasteiger partial charge in [-0.1, -0.05) is 24.3 Å². The van der Waals surface area contributed by atoms with Crippen LogP contribution in [0.2, 0.25) is 0 Å². The molecule has 0 heterocycles. The van der Waals surface area contributed by atoms with Crippen LogP contribution in [0.15, 0.2) is 42.5 Å². The van der Waals surface area contributed by atoms with Crippen molar-refractivity contribution < 1.29 is 19.1 Å². The van der Waals surface area contributed by atoms with Crippen LogP contribution in [0.25, 0.3) is 11.1 Å². The molecule has 0 fully saturated rings. The standard InChI is InChI=1S/C14H9FO3/c15-10-5-6-11(9(7-10)8-16)12-3-1-2-4-13(12)14(17)18/h1-8H,(H,17,18). The third kappa shape index (κ3) is 2.13. The number of carbonyl (C=O) groups is 2. The van der Waals surface area contributed by atoms with E-state index in [4.69, 9.17) is 5.11 Å². The van der Waals surface area contributed by atoms with Crippen LogP contribution in [0.5, 0.6) is 0 Å². The summed E-state index contributed by atoms with van der Waals surface area (Å²) in [6.07, 6.45) is 0.511. The van der Waals surface area contributed by atoms with Crippen molar-refractivity contribution >= 4 is 12.3 Å². The van der Waals surface area contributed by atoms with Gasteiger partial charge >= 0.3 is 5.97 Å². The third-order valence-corrected chi connectivity index (χ3v) is 2.59. The molecule has 0 atom stereocenters. The van der Waals surface area contributed by atoms with Gasteiger partial charge in [-0.3, -0.25) is 4.79 Å². The molecule has 0 aromatic heterocycles. The van der Waals surface area contributed by atoms with E-state index in [1.54, 1.807) is 18.2 Å². The first-order valence-corrected chi connectivity index (χ1v) is 5.21. The molecule has 0 aliphatic heterocycles. The maximum Gasteiger partial charge on any atom is 0.336 e. The second-order valence-electron chi connectivity index (χ2n) is 3.70. The summed E-state index contributed by atoms with van der Waals surface area (Å²) in [5.74, 6) is -1.62. The highest BCUT2D eigenvalue weighted by Crippen LogP contribution is 2.27. The number of aldehydes is 1. The molecule has 0 aliphatic rings. The Hall–Kier alpha value is -2.49. The number of rotatable bonds is 3. The summed E-state index contributed by atoms with van der Waals surface area (Å²) < 4.78 is 13.0. The van der Waals surface area contributed by atoms with Gasteiger partial charge in [0.1, 0.15) is 5.82 Å². The van der Waals surface area contributed by atoms with Gasteiger partial charge in [-0.15, -0.1) is 0 Å². The van der Waals surface area contributed by atoms with Crippen LogP contribution in [0.1, 0.15) is 20.7 Å². The molecule has 2 aromatic carbocycles. The Balaban J connectivity index is 2.69. The van der Waals surface area contributed by atoms with Crippen molar-refractivity contribution in [3.05, 3.63) is 59.4 Å². The molecule has 4 heteroatoms. The summed E-state index contributed by atoms with van der Waals surface area (Å²) >= 11 is 0. The lowest BCUT2D eigenvalue weighted by Crippen LogP contribution is -2.00. The zero-order chi connectivity index (χ0) is 13.1. The smallest absolute Gasteiger partial charge is 0.336 e. The molecule has 0 saturated carbocycles. The average molecular weight is 244 g/mol. The fourth-order valence-electron chi connectivity index (χ4n) is 1.78. The molecule has 1 N–H and O–H groups in total. The van der Waals surface area contributed by atoms with E-state index in [-0.39, 0.29) is 11.1 Å². The summed E-state index contributed by atoms with van der Waals surface area (Å²) in [6, 6.07) is 9.97. The van der Waals surface area contributed by atoms with Crippen molar-refractivity contribution in [3.8, 4) is 11.1 Å². The molecule has 18 heavy (non-hydrogen) atoms. The largest absolute Gasteiger partial charge is 0.478 e. The number of halogens is 1. The van der Waals surface area contributed by atoms with Gasteiger partial charge in [0.05, 0.1) is 5.56 Å². The lowest BCUT2D eigenvalue weighted by molar-refractivity contribution is 0.0697. The van der Waals surface area contributed by atoms with Gasteiger partial charge in [0.2, 0.25) is 0 Å². The van der Waals surface area contributed by atoms with Crippen molar-refractivity contribution in [3.63, 3.8) is 0 Å². The Morgan fingerprint density at radius 1 is 1.11 bits per heavy atom. The minimum Gasteiger partial charge on any atom is -0.478 e. The minimum absolute atomic E-state index is 0.0761. The molecule has 0 amide bonds. The van der Waals surface area contributed by atoms with Crippen LogP contribution in [0.3, 0.4) is 0 Å². The topological polar surface area (TPSA) is 54.4 Å². The van der Waals surface area contributed by atoms with E-state index in [9.17, 15) is 14.0 Å². The Labute approximate surface area is 103 Å². The van der Waals surface area contributed by atoms with Crippen LogP contribution in [-0.2, 0) is 0 Å². The normalized spacial score (nSPS) is 10.1. The summed E-state index contributed by atoms with van der Waals surface area (Å²) in [5.41, 5.74) is 1.01. The van der Waals surface area contributed by atoms with Gasteiger partial charge in [0, 0.05) is 5.56 Å². The lowest BCUT2D eigenvalue weighted by atomic mass is 9.96. The van der Waals surface area contributed by atoms with E-state index >= 15 is 0 Å². The van der Waals surface area contributed by atoms with Crippen molar-refractivity contribution in [2.45, 2.75) is 0 Å². The number of carboxylic acids is 1. The number of aromatic carboxylic acids is 1. The molecular weight excluding hydrogens is 235 g/mol. The van der Waals surface area contributed by atoms with E-state index < -0.39 is 11.8 Å².